The van der Waals surface area contributed by atoms with Crippen LogP contribution in [0.15, 0.2) is 90.5 Å². The minimum atomic E-state index is -0.799. The van der Waals surface area contributed by atoms with Crippen molar-refractivity contribution in [3.63, 3.8) is 0 Å². The van der Waals surface area contributed by atoms with Gasteiger partial charge in [0.05, 0.1) is 22.6 Å². The van der Waals surface area contributed by atoms with Gasteiger partial charge in [0.1, 0.15) is 5.76 Å². The second kappa shape index (κ2) is 7.00. The highest BCUT2D eigenvalue weighted by atomic mass is 16.3. The number of fused-ring (bicyclic) bond motifs is 1. The van der Waals surface area contributed by atoms with Crippen LogP contribution in [0.1, 0.15) is 17.2 Å². The molecule has 1 aliphatic rings. The van der Waals surface area contributed by atoms with E-state index in [1.807, 2.05) is 60.7 Å². The van der Waals surface area contributed by atoms with Crippen molar-refractivity contribution in [1.29, 1.82) is 0 Å². The van der Waals surface area contributed by atoms with Gasteiger partial charge in [0, 0.05) is 5.56 Å². The summed E-state index contributed by atoms with van der Waals surface area (Å²) in [4.78, 5) is 35.1. The number of rotatable bonds is 3. The number of aliphatic hydroxyl groups excluding tert-OH is 1. The number of aliphatic hydroxyl groups is 1. The molecule has 1 aromatic heterocycles. The first-order valence-corrected chi connectivity index (χ1v) is 9.51. The summed E-state index contributed by atoms with van der Waals surface area (Å²) in [6.07, 6.45) is 0. The number of H-pyrrole nitrogens is 1. The average Bonchev–Trinajstić information content (AvgIpc) is 3.33. The summed E-state index contributed by atoms with van der Waals surface area (Å²) in [5, 5.41) is 11.0. The van der Waals surface area contributed by atoms with E-state index in [0.717, 1.165) is 5.52 Å². The molecule has 5 rings (SSSR count). The molecule has 4 aromatic rings. The first-order valence-electron chi connectivity index (χ1n) is 9.51. The van der Waals surface area contributed by atoms with Crippen molar-refractivity contribution in [3.8, 4) is 0 Å². The molecule has 1 unspecified atom stereocenters. The van der Waals surface area contributed by atoms with Gasteiger partial charge in [-0.2, -0.15) is 0 Å². The lowest BCUT2D eigenvalue weighted by molar-refractivity contribution is -0.132. The number of aromatic amines is 1. The molecule has 2 N–H and O–H groups in total. The van der Waals surface area contributed by atoms with E-state index in [4.69, 9.17) is 0 Å². The first kappa shape index (κ1) is 17.9. The zero-order valence-corrected chi connectivity index (χ0v) is 15.8. The van der Waals surface area contributed by atoms with E-state index < -0.39 is 17.7 Å². The number of anilines is 1. The van der Waals surface area contributed by atoms with Gasteiger partial charge in [0.2, 0.25) is 5.95 Å². The van der Waals surface area contributed by atoms with Gasteiger partial charge < -0.3 is 10.1 Å². The Labute approximate surface area is 172 Å². The molecule has 1 amide bonds. The smallest absolute Gasteiger partial charge is 0.302 e. The summed E-state index contributed by atoms with van der Waals surface area (Å²) < 4.78 is 0. The zero-order chi connectivity index (χ0) is 20.7. The molecule has 146 valence electrons. The molecule has 1 aliphatic heterocycles. The normalized spacial score (nSPS) is 18.3. The quantitative estimate of drug-likeness (QED) is 0.309. The maximum Gasteiger partial charge on any atom is 0.302 e. The van der Waals surface area contributed by atoms with E-state index in [9.17, 15) is 14.7 Å². The molecule has 6 heteroatoms. The predicted octanol–water partition coefficient (Wildman–Crippen LogP) is 4.19. The molecule has 1 atom stereocenters. The minimum absolute atomic E-state index is 0.0397. The Hall–Kier alpha value is -4.19. The van der Waals surface area contributed by atoms with Crippen LogP contribution in [0, 0.1) is 0 Å². The van der Waals surface area contributed by atoms with E-state index in [-0.39, 0.29) is 17.3 Å². The molecule has 30 heavy (non-hydrogen) atoms. The maximum atomic E-state index is 13.1. The van der Waals surface area contributed by atoms with Crippen LogP contribution >= 0.6 is 0 Å². The molecule has 6 nitrogen and oxygen atoms in total. The summed E-state index contributed by atoms with van der Waals surface area (Å²) >= 11 is 0. The van der Waals surface area contributed by atoms with E-state index in [2.05, 4.69) is 9.97 Å². The summed E-state index contributed by atoms with van der Waals surface area (Å²) in [5.74, 6) is -1.42. The SMILES string of the molecule is O=C1C(=O)N(c2nc3ccccc3[nH]2)C(c2ccccc2)/C1=C(\O)c1ccccc1. The van der Waals surface area contributed by atoms with Crippen molar-refractivity contribution >= 4 is 34.4 Å². The van der Waals surface area contributed by atoms with Crippen molar-refractivity contribution in [2.45, 2.75) is 6.04 Å². The van der Waals surface area contributed by atoms with Crippen LogP contribution in [-0.2, 0) is 9.59 Å². The minimum Gasteiger partial charge on any atom is -0.507 e. The first-order chi connectivity index (χ1) is 14.6. The zero-order valence-electron chi connectivity index (χ0n) is 15.8. The van der Waals surface area contributed by atoms with Gasteiger partial charge in [-0.25, -0.2) is 4.98 Å². The number of imidazole rings is 1. The van der Waals surface area contributed by atoms with Crippen molar-refractivity contribution in [3.05, 3.63) is 102 Å². The third-order valence-electron chi connectivity index (χ3n) is 5.21. The Morgan fingerprint density at radius 1 is 0.867 bits per heavy atom. The standard InChI is InChI=1S/C24H17N3O3/c28-21(16-11-5-2-6-12-16)19-20(15-9-3-1-4-10-15)27(23(30)22(19)29)24-25-17-13-7-8-14-18(17)26-24/h1-14,20,28H,(H,25,26)/b21-19+. The van der Waals surface area contributed by atoms with Crippen molar-refractivity contribution in [2.24, 2.45) is 0 Å². The van der Waals surface area contributed by atoms with Gasteiger partial charge in [-0.05, 0) is 17.7 Å². The Kier molecular flexibility index (Phi) is 4.17. The number of hydrogen-bond acceptors (Lipinski definition) is 4. The molecule has 0 bridgehead atoms. The number of benzene rings is 3. The Bertz CT molecular complexity index is 1260. The van der Waals surface area contributed by atoms with Crippen molar-refractivity contribution in [2.75, 3.05) is 4.90 Å². The fourth-order valence-corrected chi connectivity index (χ4v) is 3.81. The van der Waals surface area contributed by atoms with Crippen LogP contribution in [0.3, 0.4) is 0 Å². The third kappa shape index (κ3) is 2.78. The monoisotopic (exact) mass is 395 g/mol. The van der Waals surface area contributed by atoms with Crippen LogP contribution in [-0.4, -0.2) is 26.8 Å². The van der Waals surface area contributed by atoms with Gasteiger partial charge in [-0.1, -0.05) is 72.8 Å². The number of para-hydroxylation sites is 2. The summed E-state index contributed by atoms with van der Waals surface area (Å²) in [6.45, 7) is 0. The molecule has 1 saturated heterocycles. The summed E-state index contributed by atoms with van der Waals surface area (Å²) in [5.41, 5.74) is 2.65. The number of amides is 1. The largest absolute Gasteiger partial charge is 0.507 e. The van der Waals surface area contributed by atoms with E-state index >= 15 is 0 Å². The van der Waals surface area contributed by atoms with Gasteiger partial charge >= 0.3 is 5.91 Å². The lowest BCUT2D eigenvalue weighted by Gasteiger charge is -2.23. The number of Topliss-reactive ketones (excluding diaryl/α,β-unsaturated/α-hetero) is 1. The highest BCUT2D eigenvalue weighted by Gasteiger charge is 2.48. The highest BCUT2D eigenvalue weighted by Crippen LogP contribution is 2.41. The van der Waals surface area contributed by atoms with Gasteiger partial charge in [0.25, 0.3) is 5.78 Å². The van der Waals surface area contributed by atoms with Crippen LogP contribution in [0.4, 0.5) is 5.95 Å². The summed E-state index contributed by atoms with van der Waals surface area (Å²) in [6, 6.07) is 24.5. The molecule has 2 heterocycles. The maximum absolute atomic E-state index is 13.1. The number of carbonyl (C=O) groups excluding carboxylic acids is 2. The number of ketones is 1. The van der Waals surface area contributed by atoms with Crippen molar-refractivity contribution in [1.82, 2.24) is 9.97 Å². The van der Waals surface area contributed by atoms with Crippen molar-refractivity contribution < 1.29 is 14.7 Å². The second-order valence-corrected chi connectivity index (χ2v) is 7.02. The Morgan fingerprint density at radius 3 is 2.20 bits per heavy atom. The molecule has 1 fully saturated rings. The number of aromatic nitrogens is 2. The molecular formula is C24H17N3O3. The van der Waals surface area contributed by atoms with Crippen LogP contribution in [0.25, 0.3) is 16.8 Å². The molecule has 0 radical (unpaired) electrons. The number of carbonyl (C=O) groups is 2. The van der Waals surface area contributed by atoms with E-state index in [1.165, 1.54) is 4.90 Å². The Morgan fingerprint density at radius 2 is 1.50 bits per heavy atom. The molecule has 3 aromatic carbocycles. The summed E-state index contributed by atoms with van der Waals surface area (Å²) in [7, 11) is 0. The van der Waals surface area contributed by atoms with Crippen LogP contribution < -0.4 is 4.90 Å². The van der Waals surface area contributed by atoms with Crippen LogP contribution in [0.2, 0.25) is 0 Å². The lowest BCUT2D eigenvalue weighted by Crippen LogP contribution is -2.30. The third-order valence-corrected chi connectivity index (χ3v) is 5.21. The Balaban J connectivity index is 1.74. The number of nitrogens with one attached hydrogen (secondary N) is 1. The molecule has 0 spiro atoms. The van der Waals surface area contributed by atoms with Crippen LogP contribution in [0.5, 0.6) is 0 Å². The highest BCUT2D eigenvalue weighted by molar-refractivity contribution is 6.51. The topological polar surface area (TPSA) is 86.3 Å². The number of hydrogen-bond donors (Lipinski definition) is 2. The predicted molar refractivity (Wildman–Crippen MR) is 114 cm³/mol. The van der Waals surface area contributed by atoms with Gasteiger partial charge in [0.15, 0.2) is 0 Å². The second-order valence-electron chi connectivity index (χ2n) is 7.02. The van der Waals surface area contributed by atoms with E-state index in [1.54, 1.807) is 24.3 Å². The molecular weight excluding hydrogens is 378 g/mol. The lowest BCUT2D eigenvalue weighted by atomic mass is 9.95. The fraction of sp³-hybridized carbons (Fsp3) is 0.0417. The fourth-order valence-electron chi connectivity index (χ4n) is 3.81. The van der Waals surface area contributed by atoms with E-state index in [0.29, 0.717) is 16.6 Å². The molecule has 0 aliphatic carbocycles. The van der Waals surface area contributed by atoms with Gasteiger partial charge in [-0.15, -0.1) is 0 Å². The molecule has 0 saturated carbocycles. The van der Waals surface area contributed by atoms with Gasteiger partial charge in [-0.3, -0.25) is 14.5 Å². The number of nitrogens with zero attached hydrogens (tertiary/aromatic N) is 2. The average molecular weight is 395 g/mol.